The largest absolute Gasteiger partial charge is 0.368 e. The first-order valence-corrected chi connectivity index (χ1v) is 7.00. The third-order valence-electron chi connectivity index (χ3n) is 3.11. The smallest absolute Gasteiger partial charge is 0.242 e. The molecule has 1 saturated heterocycles. The van der Waals surface area contributed by atoms with E-state index in [1.165, 1.54) is 7.05 Å². The van der Waals surface area contributed by atoms with E-state index in [1.54, 1.807) is 12.1 Å². The van der Waals surface area contributed by atoms with Crippen molar-refractivity contribution in [2.75, 3.05) is 32.1 Å². The van der Waals surface area contributed by atoms with Crippen LogP contribution in [-0.2, 0) is 10.0 Å². The number of nitrogens with one attached hydrogen (secondary N) is 2. The van der Waals surface area contributed by atoms with Crippen LogP contribution in [0.1, 0.15) is 0 Å². The van der Waals surface area contributed by atoms with Crippen molar-refractivity contribution in [3.63, 3.8) is 0 Å². The molecule has 1 aromatic carbocycles. The molecule has 0 aliphatic carbocycles. The normalized spacial score (nSPS) is 16.6. The quantitative estimate of drug-likeness (QED) is 0.795. The average molecular weight is 255 g/mol. The average Bonchev–Trinajstić information content (AvgIpc) is 2.27. The van der Waals surface area contributed by atoms with Gasteiger partial charge in [0.15, 0.2) is 0 Å². The molecular weight excluding hydrogens is 238 g/mol. The summed E-state index contributed by atoms with van der Waals surface area (Å²) < 4.78 is 26.2. The Labute approximate surface area is 102 Å². The fourth-order valence-corrected chi connectivity index (χ4v) is 2.79. The van der Waals surface area contributed by atoms with Crippen molar-refractivity contribution >= 4 is 15.7 Å². The molecule has 0 atom stereocenters. The van der Waals surface area contributed by atoms with E-state index >= 15 is 0 Å². The van der Waals surface area contributed by atoms with E-state index in [1.807, 2.05) is 24.1 Å². The second-order valence-electron chi connectivity index (χ2n) is 4.10. The molecule has 2 rings (SSSR count). The Hall–Kier alpha value is -1.11. The van der Waals surface area contributed by atoms with Crippen LogP contribution < -0.4 is 14.9 Å². The maximum absolute atomic E-state index is 11.9. The number of hydrogen-bond donors (Lipinski definition) is 2. The van der Waals surface area contributed by atoms with Crippen LogP contribution in [0.25, 0.3) is 0 Å². The first-order valence-electron chi connectivity index (χ1n) is 5.52. The van der Waals surface area contributed by atoms with Gasteiger partial charge < -0.3 is 10.2 Å². The van der Waals surface area contributed by atoms with E-state index in [0.717, 1.165) is 18.8 Å². The molecule has 2 N–H and O–H groups in total. The van der Waals surface area contributed by atoms with Gasteiger partial charge in [0.1, 0.15) is 4.90 Å². The SMILES string of the molecule is CNS(=O)(=O)c1ccccc1N(C)C1CNC1. The molecule has 1 aromatic rings. The second-order valence-corrected chi connectivity index (χ2v) is 5.95. The number of para-hydroxylation sites is 1. The summed E-state index contributed by atoms with van der Waals surface area (Å²) in [5.74, 6) is 0. The molecule has 0 aromatic heterocycles. The minimum atomic E-state index is -3.40. The molecule has 0 unspecified atom stereocenters. The van der Waals surface area contributed by atoms with E-state index in [-0.39, 0.29) is 0 Å². The van der Waals surface area contributed by atoms with Crippen LogP contribution in [0.15, 0.2) is 29.2 Å². The van der Waals surface area contributed by atoms with E-state index in [4.69, 9.17) is 0 Å². The van der Waals surface area contributed by atoms with Gasteiger partial charge in [-0.05, 0) is 19.2 Å². The molecule has 5 nitrogen and oxygen atoms in total. The maximum atomic E-state index is 11.9. The van der Waals surface area contributed by atoms with Crippen LogP contribution in [0.5, 0.6) is 0 Å². The molecule has 0 amide bonds. The van der Waals surface area contributed by atoms with E-state index < -0.39 is 10.0 Å². The lowest BCUT2D eigenvalue weighted by atomic mass is 10.1. The second kappa shape index (κ2) is 4.64. The number of benzene rings is 1. The molecule has 94 valence electrons. The molecule has 1 aliphatic heterocycles. The summed E-state index contributed by atoms with van der Waals surface area (Å²) in [5, 5.41) is 3.18. The van der Waals surface area contributed by atoms with E-state index in [2.05, 4.69) is 10.0 Å². The van der Waals surface area contributed by atoms with Gasteiger partial charge in [0.25, 0.3) is 0 Å². The van der Waals surface area contributed by atoms with Crippen molar-refractivity contribution in [3.05, 3.63) is 24.3 Å². The summed E-state index contributed by atoms with van der Waals surface area (Å²) in [7, 11) is -0.0499. The minimum absolute atomic E-state index is 0.330. The lowest BCUT2D eigenvalue weighted by molar-refractivity contribution is 0.427. The summed E-state index contributed by atoms with van der Waals surface area (Å²) in [6.45, 7) is 1.79. The van der Waals surface area contributed by atoms with Gasteiger partial charge >= 0.3 is 0 Å². The van der Waals surface area contributed by atoms with Gasteiger partial charge in [0.2, 0.25) is 10.0 Å². The van der Waals surface area contributed by atoms with Gasteiger partial charge in [-0.25, -0.2) is 13.1 Å². The van der Waals surface area contributed by atoms with Crippen LogP contribution in [0, 0.1) is 0 Å². The highest BCUT2D eigenvalue weighted by atomic mass is 32.2. The first kappa shape index (κ1) is 12.3. The van der Waals surface area contributed by atoms with Gasteiger partial charge in [-0.1, -0.05) is 12.1 Å². The van der Waals surface area contributed by atoms with Crippen molar-refractivity contribution in [3.8, 4) is 0 Å². The maximum Gasteiger partial charge on any atom is 0.242 e. The number of likely N-dealkylation sites (N-methyl/N-ethyl adjacent to an activating group) is 1. The van der Waals surface area contributed by atoms with Gasteiger partial charge in [0.05, 0.1) is 11.7 Å². The highest BCUT2D eigenvalue weighted by molar-refractivity contribution is 7.89. The third kappa shape index (κ3) is 2.29. The van der Waals surface area contributed by atoms with Crippen molar-refractivity contribution in [1.82, 2.24) is 10.0 Å². The van der Waals surface area contributed by atoms with Gasteiger partial charge in [-0.3, -0.25) is 0 Å². The Morgan fingerprint density at radius 1 is 1.35 bits per heavy atom. The van der Waals surface area contributed by atoms with Crippen molar-refractivity contribution in [2.24, 2.45) is 0 Å². The molecule has 1 aliphatic rings. The lowest BCUT2D eigenvalue weighted by Crippen LogP contribution is -2.56. The zero-order valence-electron chi connectivity index (χ0n) is 9.97. The Bertz CT molecular complexity index is 497. The number of nitrogens with zero attached hydrogens (tertiary/aromatic N) is 1. The van der Waals surface area contributed by atoms with Crippen molar-refractivity contribution < 1.29 is 8.42 Å². The van der Waals surface area contributed by atoms with Gasteiger partial charge in [-0.2, -0.15) is 0 Å². The van der Waals surface area contributed by atoms with Crippen LogP contribution in [0.4, 0.5) is 5.69 Å². The number of rotatable bonds is 4. The van der Waals surface area contributed by atoms with Crippen LogP contribution in [0.3, 0.4) is 0 Å². The first-order chi connectivity index (χ1) is 8.06. The van der Waals surface area contributed by atoms with Gasteiger partial charge in [0, 0.05) is 20.1 Å². The summed E-state index contributed by atoms with van der Waals surface area (Å²) in [6.07, 6.45) is 0. The van der Waals surface area contributed by atoms with Crippen LogP contribution >= 0.6 is 0 Å². The number of sulfonamides is 1. The summed E-state index contributed by atoms with van der Waals surface area (Å²) in [5.41, 5.74) is 0.744. The monoisotopic (exact) mass is 255 g/mol. The molecule has 0 spiro atoms. The summed E-state index contributed by atoms with van der Waals surface area (Å²) >= 11 is 0. The van der Waals surface area contributed by atoms with Crippen molar-refractivity contribution in [1.29, 1.82) is 0 Å². The molecule has 6 heteroatoms. The van der Waals surface area contributed by atoms with Crippen LogP contribution in [0.2, 0.25) is 0 Å². The van der Waals surface area contributed by atoms with Gasteiger partial charge in [-0.15, -0.1) is 0 Å². The Morgan fingerprint density at radius 2 is 2.00 bits per heavy atom. The predicted octanol–water partition coefficient (Wildman–Crippen LogP) is 0.00270. The van der Waals surface area contributed by atoms with E-state index in [0.29, 0.717) is 10.9 Å². The Morgan fingerprint density at radius 3 is 2.53 bits per heavy atom. The summed E-state index contributed by atoms with van der Waals surface area (Å²) in [4.78, 5) is 2.35. The highest BCUT2D eigenvalue weighted by Gasteiger charge is 2.26. The molecule has 1 fully saturated rings. The topological polar surface area (TPSA) is 61.4 Å². The predicted molar refractivity (Wildman–Crippen MR) is 67.7 cm³/mol. The lowest BCUT2D eigenvalue weighted by Gasteiger charge is -2.37. The minimum Gasteiger partial charge on any atom is -0.368 e. The fraction of sp³-hybridized carbons (Fsp3) is 0.455. The molecular formula is C11H17N3O2S. The summed E-state index contributed by atoms with van der Waals surface area (Å²) in [6, 6.07) is 7.42. The highest BCUT2D eigenvalue weighted by Crippen LogP contribution is 2.25. The Kier molecular flexibility index (Phi) is 3.37. The zero-order valence-corrected chi connectivity index (χ0v) is 10.8. The number of anilines is 1. The molecule has 0 saturated carbocycles. The van der Waals surface area contributed by atoms with E-state index in [9.17, 15) is 8.42 Å². The molecule has 17 heavy (non-hydrogen) atoms. The molecule has 1 heterocycles. The standard InChI is InChI=1S/C11H17N3O2S/c1-12-17(15,16)11-6-4-3-5-10(11)14(2)9-7-13-8-9/h3-6,9,12-13H,7-8H2,1-2H3. The third-order valence-corrected chi connectivity index (χ3v) is 4.57. The Balaban J connectivity index is 2.40. The fourth-order valence-electron chi connectivity index (χ4n) is 1.83. The van der Waals surface area contributed by atoms with Crippen molar-refractivity contribution in [2.45, 2.75) is 10.9 Å². The molecule has 0 bridgehead atoms. The van der Waals surface area contributed by atoms with Crippen LogP contribution in [-0.4, -0.2) is 41.6 Å². The zero-order chi connectivity index (χ0) is 12.5. The molecule has 0 radical (unpaired) electrons. The number of hydrogen-bond acceptors (Lipinski definition) is 4.